The molecule has 1 N–H and O–H groups in total. The van der Waals surface area contributed by atoms with E-state index in [0.29, 0.717) is 5.56 Å². The Kier molecular flexibility index (Phi) is 4.11. The molecule has 0 aliphatic heterocycles. The monoisotopic (exact) mass is 248 g/mol. The summed E-state index contributed by atoms with van der Waals surface area (Å²) in [6.45, 7) is 1.43. The molecule has 1 unspecified atom stereocenters. The lowest BCUT2D eigenvalue weighted by atomic mass is 10.1. The van der Waals surface area contributed by atoms with E-state index in [4.69, 9.17) is 5.11 Å². The first-order chi connectivity index (χ1) is 7.82. The number of alkyl halides is 3. The summed E-state index contributed by atoms with van der Waals surface area (Å²) < 4.78 is 40.5. The predicted octanol–water partition coefficient (Wildman–Crippen LogP) is 2.21. The van der Waals surface area contributed by atoms with E-state index in [-0.39, 0.29) is 0 Å². The van der Waals surface area contributed by atoms with Gasteiger partial charge in [0, 0.05) is 0 Å². The molecule has 2 atom stereocenters. The van der Waals surface area contributed by atoms with E-state index in [2.05, 4.69) is 4.74 Å². The lowest BCUT2D eigenvalue weighted by Gasteiger charge is -2.17. The molecule has 0 saturated carbocycles. The maximum absolute atomic E-state index is 12.0. The molecule has 0 radical (unpaired) electrons. The third kappa shape index (κ3) is 3.74. The number of ether oxygens (including phenoxy) is 1. The van der Waals surface area contributed by atoms with Crippen molar-refractivity contribution in [2.24, 2.45) is 0 Å². The summed E-state index contributed by atoms with van der Waals surface area (Å²) in [6.07, 6.45) is -8.96. The van der Waals surface area contributed by atoms with Crippen molar-refractivity contribution in [2.45, 2.75) is 25.3 Å². The summed E-state index contributed by atoms with van der Waals surface area (Å²) in [7, 11) is 0. The third-order valence-corrected chi connectivity index (χ3v) is 2.10. The van der Waals surface area contributed by atoms with Crippen molar-refractivity contribution < 1.29 is 27.8 Å². The molecule has 17 heavy (non-hydrogen) atoms. The van der Waals surface area contributed by atoms with Crippen molar-refractivity contribution in [1.82, 2.24) is 0 Å². The summed E-state index contributed by atoms with van der Waals surface area (Å²) in [4.78, 5) is 11.0. The van der Waals surface area contributed by atoms with E-state index in [0.717, 1.165) is 0 Å². The smallest absolute Gasteiger partial charge is 0.425 e. The van der Waals surface area contributed by atoms with Crippen LogP contribution < -0.4 is 0 Å². The van der Waals surface area contributed by atoms with E-state index in [1.807, 2.05) is 0 Å². The van der Waals surface area contributed by atoms with Crippen LogP contribution in [-0.2, 0) is 9.53 Å². The minimum absolute atomic E-state index is 0.551. The lowest BCUT2D eigenvalue weighted by Crippen LogP contribution is -2.38. The van der Waals surface area contributed by atoms with Crippen LogP contribution in [0.15, 0.2) is 30.3 Å². The number of aliphatic hydroxyl groups excluding tert-OH is 1. The van der Waals surface area contributed by atoms with Gasteiger partial charge < -0.3 is 9.84 Å². The van der Waals surface area contributed by atoms with E-state index < -0.39 is 24.4 Å². The number of hydrogen-bond acceptors (Lipinski definition) is 3. The molecule has 0 bridgehead atoms. The Bertz CT molecular complexity index is 375. The van der Waals surface area contributed by atoms with Gasteiger partial charge in [-0.3, -0.25) is 0 Å². The number of benzene rings is 1. The van der Waals surface area contributed by atoms with Crippen LogP contribution in [-0.4, -0.2) is 23.4 Å². The number of hydrogen-bond donors (Lipinski definition) is 1. The van der Waals surface area contributed by atoms with Crippen molar-refractivity contribution in [2.75, 3.05) is 0 Å². The summed E-state index contributed by atoms with van der Waals surface area (Å²) in [5, 5.41) is 8.65. The molecule has 3 nitrogen and oxygen atoms in total. The largest absolute Gasteiger partial charge is 0.456 e. The Morgan fingerprint density at radius 3 is 2.29 bits per heavy atom. The highest BCUT2D eigenvalue weighted by molar-refractivity contribution is 5.75. The molecule has 0 aliphatic carbocycles. The Balaban J connectivity index is 2.64. The molecule has 0 saturated heterocycles. The van der Waals surface area contributed by atoms with Gasteiger partial charge in [0.05, 0.1) is 0 Å². The van der Waals surface area contributed by atoms with Gasteiger partial charge in [-0.05, 0) is 12.5 Å². The van der Waals surface area contributed by atoms with Crippen molar-refractivity contribution in [3.05, 3.63) is 35.9 Å². The fourth-order valence-corrected chi connectivity index (χ4v) is 1.16. The molecule has 1 rings (SSSR count). The minimum atomic E-state index is -5.01. The van der Waals surface area contributed by atoms with Gasteiger partial charge in [0.1, 0.15) is 6.10 Å². The van der Waals surface area contributed by atoms with Crippen molar-refractivity contribution >= 4 is 5.97 Å². The topological polar surface area (TPSA) is 46.5 Å². The highest BCUT2D eigenvalue weighted by atomic mass is 19.4. The molecular formula is C11H11F3O3. The molecule has 0 amide bonds. The molecule has 1 aromatic carbocycles. The van der Waals surface area contributed by atoms with Gasteiger partial charge >= 0.3 is 12.1 Å². The number of carbonyl (C=O) groups is 1. The number of halogens is 3. The molecule has 0 heterocycles. The van der Waals surface area contributed by atoms with Crippen molar-refractivity contribution in [3.8, 4) is 0 Å². The van der Waals surface area contributed by atoms with Gasteiger partial charge in [0.2, 0.25) is 6.10 Å². The van der Waals surface area contributed by atoms with Crippen LogP contribution in [0.3, 0.4) is 0 Å². The first-order valence-electron chi connectivity index (χ1n) is 4.82. The predicted molar refractivity (Wildman–Crippen MR) is 53.0 cm³/mol. The molecular weight excluding hydrogens is 237 g/mol. The second-order valence-electron chi connectivity index (χ2n) is 3.43. The average molecular weight is 248 g/mol. The molecule has 0 aliphatic rings. The molecule has 0 spiro atoms. The maximum atomic E-state index is 12.0. The third-order valence-electron chi connectivity index (χ3n) is 2.10. The van der Waals surface area contributed by atoms with Crippen LogP contribution in [0.4, 0.5) is 13.2 Å². The molecule has 94 valence electrons. The van der Waals surface area contributed by atoms with Crippen molar-refractivity contribution in [3.63, 3.8) is 0 Å². The van der Waals surface area contributed by atoms with Crippen molar-refractivity contribution in [1.29, 1.82) is 0 Å². The number of esters is 1. The zero-order valence-electron chi connectivity index (χ0n) is 8.94. The Labute approximate surface area is 95.8 Å². The van der Waals surface area contributed by atoms with E-state index in [1.165, 1.54) is 6.92 Å². The Morgan fingerprint density at radius 2 is 1.82 bits per heavy atom. The first-order valence-corrected chi connectivity index (χ1v) is 4.82. The highest BCUT2D eigenvalue weighted by Gasteiger charge is 2.45. The minimum Gasteiger partial charge on any atom is -0.456 e. The molecule has 0 fully saturated rings. The SMILES string of the molecule is CC(OC(=O)[C@H](O)C(F)(F)F)c1ccccc1. The lowest BCUT2D eigenvalue weighted by molar-refractivity contribution is -0.220. The van der Waals surface area contributed by atoms with Gasteiger partial charge in [0.15, 0.2) is 0 Å². The quantitative estimate of drug-likeness (QED) is 0.834. The standard InChI is InChI=1S/C11H11F3O3/c1-7(8-5-3-2-4-6-8)17-10(16)9(15)11(12,13)14/h2-7,9,15H,1H3/t7?,9-/m0/s1. The van der Waals surface area contributed by atoms with Gasteiger partial charge in [0.25, 0.3) is 0 Å². The number of carbonyl (C=O) groups excluding carboxylic acids is 1. The molecule has 0 aromatic heterocycles. The average Bonchev–Trinajstić information content (AvgIpc) is 2.27. The second-order valence-corrected chi connectivity index (χ2v) is 3.43. The van der Waals surface area contributed by atoms with Crippen LogP contribution in [0.5, 0.6) is 0 Å². The van der Waals surface area contributed by atoms with Crippen LogP contribution in [0, 0.1) is 0 Å². The van der Waals surface area contributed by atoms with Crippen LogP contribution >= 0.6 is 0 Å². The van der Waals surface area contributed by atoms with E-state index in [1.54, 1.807) is 30.3 Å². The molecule has 6 heteroatoms. The summed E-state index contributed by atoms with van der Waals surface area (Å²) in [6, 6.07) is 8.28. The Hall–Kier alpha value is -1.56. The number of rotatable bonds is 3. The van der Waals surface area contributed by atoms with Gasteiger partial charge in [-0.25, -0.2) is 4.79 Å². The zero-order chi connectivity index (χ0) is 13.1. The van der Waals surface area contributed by atoms with Crippen LogP contribution in [0.2, 0.25) is 0 Å². The van der Waals surface area contributed by atoms with Gasteiger partial charge in [-0.2, -0.15) is 13.2 Å². The van der Waals surface area contributed by atoms with Gasteiger partial charge in [-0.15, -0.1) is 0 Å². The van der Waals surface area contributed by atoms with Crippen LogP contribution in [0.1, 0.15) is 18.6 Å². The summed E-state index contributed by atoms with van der Waals surface area (Å²) in [5.41, 5.74) is 0.551. The van der Waals surface area contributed by atoms with Crippen LogP contribution in [0.25, 0.3) is 0 Å². The zero-order valence-corrected chi connectivity index (χ0v) is 8.94. The summed E-state index contributed by atoms with van der Waals surface area (Å²) in [5.74, 6) is -1.70. The molecule has 1 aromatic rings. The van der Waals surface area contributed by atoms with E-state index in [9.17, 15) is 18.0 Å². The fourth-order valence-electron chi connectivity index (χ4n) is 1.16. The Morgan fingerprint density at radius 1 is 1.29 bits per heavy atom. The number of aliphatic hydroxyl groups is 1. The fraction of sp³-hybridized carbons (Fsp3) is 0.364. The summed E-state index contributed by atoms with van der Waals surface area (Å²) >= 11 is 0. The maximum Gasteiger partial charge on any atom is 0.425 e. The second kappa shape index (κ2) is 5.18. The first kappa shape index (κ1) is 13.5. The highest BCUT2D eigenvalue weighted by Crippen LogP contribution is 2.23. The van der Waals surface area contributed by atoms with Gasteiger partial charge in [-0.1, -0.05) is 30.3 Å². The normalized spacial score (nSPS) is 15.1. The van der Waals surface area contributed by atoms with E-state index >= 15 is 0 Å².